The van der Waals surface area contributed by atoms with E-state index in [1.165, 1.54) is 6.07 Å². The minimum Gasteiger partial charge on any atom is -0.381 e. The molecule has 3 rings (SSSR count). The van der Waals surface area contributed by atoms with Crippen LogP contribution in [0.2, 0.25) is 0 Å². The van der Waals surface area contributed by atoms with Crippen LogP contribution in [0.15, 0.2) is 48.6 Å². The zero-order valence-corrected chi connectivity index (χ0v) is 16.8. The molecule has 5 nitrogen and oxygen atoms in total. The average molecular weight is 405 g/mol. The SMILES string of the molecule is CC/C=C/C=C1\NCCN1Cc1ccc(/C(=C/F)NOC2CCOCC2)cc1F. The third-order valence-electron chi connectivity index (χ3n) is 4.99. The van der Waals surface area contributed by atoms with E-state index in [0.29, 0.717) is 37.2 Å². The van der Waals surface area contributed by atoms with Crippen LogP contribution in [0.3, 0.4) is 0 Å². The van der Waals surface area contributed by atoms with Crippen molar-refractivity contribution in [2.24, 2.45) is 0 Å². The van der Waals surface area contributed by atoms with Gasteiger partial charge in [-0.15, -0.1) is 0 Å². The van der Waals surface area contributed by atoms with Crippen LogP contribution in [-0.2, 0) is 16.1 Å². The Bertz CT molecular complexity index is 758. The molecule has 2 heterocycles. The Morgan fingerprint density at radius 1 is 1.38 bits per heavy atom. The van der Waals surface area contributed by atoms with Crippen LogP contribution in [0.5, 0.6) is 0 Å². The molecule has 0 saturated carbocycles. The van der Waals surface area contributed by atoms with E-state index >= 15 is 0 Å². The molecular formula is C22H29F2N3O2. The van der Waals surface area contributed by atoms with Crippen LogP contribution < -0.4 is 10.8 Å². The molecule has 0 spiro atoms. The van der Waals surface area contributed by atoms with E-state index < -0.39 is 0 Å². The van der Waals surface area contributed by atoms with Crippen LogP contribution >= 0.6 is 0 Å². The molecule has 0 unspecified atom stereocenters. The first kappa shape index (κ1) is 21.3. The topological polar surface area (TPSA) is 45.8 Å². The first-order valence-electron chi connectivity index (χ1n) is 10.2. The van der Waals surface area contributed by atoms with Crippen molar-refractivity contribution in [2.45, 2.75) is 38.8 Å². The fraction of sp³-hybridized carbons (Fsp3) is 0.455. The third-order valence-corrected chi connectivity index (χ3v) is 4.99. The Morgan fingerprint density at radius 3 is 2.93 bits per heavy atom. The molecule has 7 heteroatoms. The predicted molar refractivity (Wildman–Crippen MR) is 109 cm³/mol. The highest BCUT2D eigenvalue weighted by atomic mass is 19.1. The average Bonchev–Trinajstić information content (AvgIpc) is 3.18. The number of ether oxygens (including phenoxy) is 1. The number of hydrogen-bond acceptors (Lipinski definition) is 5. The van der Waals surface area contributed by atoms with E-state index in [-0.39, 0.29) is 17.6 Å². The lowest BCUT2D eigenvalue weighted by atomic mass is 10.1. The molecule has 158 valence electrons. The molecule has 0 atom stereocenters. The Hall–Kier alpha value is -2.38. The van der Waals surface area contributed by atoms with Gasteiger partial charge in [0.05, 0.1) is 11.8 Å². The molecule has 0 aromatic heterocycles. The number of rotatable bonds is 8. The Labute approximate surface area is 171 Å². The highest BCUT2D eigenvalue weighted by Crippen LogP contribution is 2.21. The lowest BCUT2D eigenvalue weighted by Gasteiger charge is -2.23. The number of benzene rings is 1. The summed E-state index contributed by atoms with van der Waals surface area (Å²) in [6, 6.07) is 4.74. The fourth-order valence-electron chi connectivity index (χ4n) is 3.31. The van der Waals surface area contributed by atoms with Gasteiger partial charge in [-0.25, -0.2) is 8.78 Å². The Morgan fingerprint density at radius 2 is 2.21 bits per heavy atom. The lowest BCUT2D eigenvalue weighted by molar-refractivity contribution is -0.0599. The van der Waals surface area contributed by atoms with Crippen LogP contribution in [-0.4, -0.2) is 37.3 Å². The Balaban J connectivity index is 1.62. The summed E-state index contributed by atoms with van der Waals surface area (Å²) < 4.78 is 33.4. The smallest absolute Gasteiger partial charge is 0.128 e. The molecule has 2 N–H and O–H groups in total. The number of hydrogen-bond donors (Lipinski definition) is 2. The molecular weight excluding hydrogens is 376 g/mol. The second-order valence-corrected chi connectivity index (χ2v) is 7.10. The molecule has 2 saturated heterocycles. The van der Waals surface area contributed by atoms with Gasteiger partial charge in [0.15, 0.2) is 0 Å². The van der Waals surface area contributed by atoms with Gasteiger partial charge in [-0.05, 0) is 31.4 Å². The lowest BCUT2D eigenvalue weighted by Crippen LogP contribution is -2.29. The normalized spacial score (nSPS) is 19.9. The van der Waals surface area contributed by atoms with Crippen molar-refractivity contribution in [2.75, 3.05) is 26.3 Å². The standard InChI is InChI=1S/C22H29F2N3O2/c1-2-3-4-5-22-25-10-11-27(22)16-18-7-6-17(14-20(18)24)21(15-23)26-29-19-8-12-28-13-9-19/h3-7,14-15,19,25-26H,2,8-13,16H2,1H3/b4-3+,21-15-,22-5+. The van der Waals surface area contributed by atoms with Crippen molar-refractivity contribution in [3.8, 4) is 0 Å². The summed E-state index contributed by atoms with van der Waals surface area (Å²) in [4.78, 5) is 7.63. The maximum atomic E-state index is 14.7. The minimum absolute atomic E-state index is 0.0440. The summed E-state index contributed by atoms with van der Waals surface area (Å²) in [5, 5.41) is 3.31. The van der Waals surface area contributed by atoms with Gasteiger partial charge in [-0.1, -0.05) is 31.2 Å². The van der Waals surface area contributed by atoms with Crippen molar-refractivity contribution in [1.82, 2.24) is 15.7 Å². The maximum absolute atomic E-state index is 14.7. The number of allylic oxidation sites excluding steroid dienone is 3. The molecule has 0 amide bonds. The van der Waals surface area contributed by atoms with Crippen molar-refractivity contribution < 1.29 is 18.4 Å². The first-order valence-corrected chi connectivity index (χ1v) is 10.2. The number of nitrogens with zero attached hydrogens (tertiary/aromatic N) is 1. The van der Waals surface area contributed by atoms with E-state index in [4.69, 9.17) is 9.57 Å². The summed E-state index contributed by atoms with van der Waals surface area (Å²) in [5.41, 5.74) is 3.71. The monoisotopic (exact) mass is 405 g/mol. The van der Waals surface area contributed by atoms with Crippen molar-refractivity contribution in [3.63, 3.8) is 0 Å². The van der Waals surface area contributed by atoms with Crippen LogP contribution in [0.1, 0.15) is 37.3 Å². The summed E-state index contributed by atoms with van der Waals surface area (Å²) in [5.74, 6) is 0.610. The van der Waals surface area contributed by atoms with Crippen molar-refractivity contribution in [3.05, 3.63) is 65.5 Å². The molecule has 2 aliphatic heterocycles. The fourth-order valence-corrected chi connectivity index (χ4v) is 3.31. The zero-order chi connectivity index (χ0) is 20.5. The van der Waals surface area contributed by atoms with E-state index in [1.807, 2.05) is 12.2 Å². The second kappa shape index (κ2) is 11.0. The highest BCUT2D eigenvalue weighted by molar-refractivity contribution is 5.62. The molecule has 0 radical (unpaired) electrons. The quantitative estimate of drug-likeness (QED) is 0.640. The van der Waals surface area contributed by atoms with E-state index in [9.17, 15) is 8.78 Å². The molecule has 0 bridgehead atoms. The van der Waals surface area contributed by atoms with Crippen molar-refractivity contribution >= 4 is 5.70 Å². The highest BCUT2D eigenvalue weighted by Gasteiger charge is 2.19. The summed E-state index contributed by atoms with van der Waals surface area (Å²) in [6.45, 7) is 5.42. The molecule has 0 aliphatic carbocycles. The molecule has 2 fully saturated rings. The molecule has 1 aromatic rings. The van der Waals surface area contributed by atoms with Gasteiger partial charge in [0.25, 0.3) is 0 Å². The largest absolute Gasteiger partial charge is 0.381 e. The van der Waals surface area contributed by atoms with E-state index in [2.05, 4.69) is 28.7 Å². The van der Waals surface area contributed by atoms with Crippen LogP contribution in [0.4, 0.5) is 8.78 Å². The second-order valence-electron chi connectivity index (χ2n) is 7.10. The first-order chi connectivity index (χ1) is 14.2. The third kappa shape index (κ3) is 6.05. The summed E-state index contributed by atoms with van der Waals surface area (Å²) in [7, 11) is 0. The molecule has 1 aromatic carbocycles. The molecule has 2 aliphatic rings. The predicted octanol–water partition coefficient (Wildman–Crippen LogP) is 4.01. The van der Waals surface area contributed by atoms with Gasteiger partial charge in [-0.3, -0.25) is 10.3 Å². The van der Waals surface area contributed by atoms with Gasteiger partial charge in [0.2, 0.25) is 0 Å². The van der Waals surface area contributed by atoms with Gasteiger partial charge >= 0.3 is 0 Å². The molecule has 29 heavy (non-hydrogen) atoms. The maximum Gasteiger partial charge on any atom is 0.128 e. The minimum atomic E-state index is -0.370. The number of hydroxylamine groups is 1. The van der Waals surface area contributed by atoms with Gasteiger partial charge < -0.3 is 15.0 Å². The van der Waals surface area contributed by atoms with Crippen molar-refractivity contribution in [1.29, 1.82) is 0 Å². The summed E-state index contributed by atoms with van der Waals surface area (Å²) in [6.07, 6.45) is 8.89. The Kier molecular flexibility index (Phi) is 8.07. The summed E-state index contributed by atoms with van der Waals surface area (Å²) >= 11 is 0. The van der Waals surface area contributed by atoms with Gasteiger partial charge in [0, 0.05) is 44.0 Å². The van der Waals surface area contributed by atoms with Crippen LogP contribution in [0.25, 0.3) is 5.70 Å². The number of halogens is 2. The van der Waals surface area contributed by atoms with Crippen LogP contribution in [0, 0.1) is 5.82 Å². The zero-order valence-electron chi connectivity index (χ0n) is 16.8. The van der Waals surface area contributed by atoms with E-state index in [1.54, 1.807) is 12.1 Å². The number of nitrogens with one attached hydrogen (secondary N) is 2. The van der Waals surface area contributed by atoms with Gasteiger partial charge in [0.1, 0.15) is 18.0 Å². The van der Waals surface area contributed by atoms with Gasteiger partial charge in [-0.2, -0.15) is 0 Å². The van der Waals surface area contributed by atoms with E-state index in [0.717, 1.165) is 38.2 Å².